The first-order chi connectivity index (χ1) is 7.58. The molecule has 0 spiro atoms. The number of rotatable bonds is 2. The molecule has 82 valence electrons. The SMILES string of the molecule is CC(=O)c1ccc(-n2ccc(C)n2)c(Br)c1. The Hall–Kier alpha value is -1.42. The second-order valence-corrected chi connectivity index (χ2v) is 4.48. The zero-order valence-corrected chi connectivity index (χ0v) is 10.7. The molecule has 3 nitrogen and oxygen atoms in total. The van der Waals surface area contributed by atoms with Crippen molar-refractivity contribution in [3.8, 4) is 5.69 Å². The number of aromatic nitrogens is 2. The summed E-state index contributed by atoms with van der Waals surface area (Å²) in [5.74, 6) is 0.0592. The van der Waals surface area contributed by atoms with Crippen LogP contribution in [0, 0.1) is 6.92 Å². The average Bonchev–Trinajstić information content (AvgIpc) is 2.64. The van der Waals surface area contributed by atoms with Crippen molar-refractivity contribution in [3.05, 3.63) is 46.2 Å². The van der Waals surface area contributed by atoms with Crippen LogP contribution in [0.5, 0.6) is 0 Å². The summed E-state index contributed by atoms with van der Waals surface area (Å²) in [5.41, 5.74) is 2.58. The van der Waals surface area contributed by atoms with E-state index in [1.54, 1.807) is 17.7 Å². The van der Waals surface area contributed by atoms with E-state index in [1.807, 2.05) is 31.3 Å². The minimum atomic E-state index is 0.0592. The number of hydrogen-bond acceptors (Lipinski definition) is 2. The Morgan fingerprint density at radius 3 is 2.62 bits per heavy atom. The van der Waals surface area contributed by atoms with Crippen molar-refractivity contribution in [1.82, 2.24) is 9.78 Å². The molecule has 4 heteroatoms. The Balaban J connectivity index is 2.47. The first kappa shape index (κ1) is 11.1. The molecular weight excluding hydrogens is 268 g/mol. The van der Waals surface area contributed by atoms with Gasteiger partial charge in [-0.1, -0.05) is 0 Å². The van der Waals surface area contributed by atoms with Crippen molar-refractivity contribution < 1.29 is 4.79 Å². The first-order valence-corrected chi connectivity index (χ1v) is 5.70. The lowest BCUT2D eigenvalue weighted by molar-refractivity contribution is 0.101. The third-order valence-corrected chi connectivity index (χ3v) is 2.96. The Bertz CT molecular complexity index is 546. The van der Waals surface area contributed by atoms with Gasteiger partial charge in [-0.15, -0.1) is 0 Å². The molecule has 0 unspecified atom stereocenters. The Morgan fingerprint density at radius 1 is 1.38 bits per heavy atom. The van der Waals surface area contributed by atoms with Crippen molar-refractivity contribution in [1.29, 1.82) is 0 Å². The van der Waals surface area contributed by atoms with Crippen molar-refractivity contribution in [3.63, 3.8) is 0 Å². The number of aryl methyl sites for hydroxylation is 1. The summed E-state index contributed by atoms with van der Waals surface area (Å²) in [5, 5.41) is 4.32. The molecular formula is C12H11BrN2O. The fourth-order valence-electron chi connectivity index (χ4n) is 1.46. The zero-order chi connectivity index (χ0) is 11.7. The summed E-state index contributed by atoms with van der Waals surface area (Å²) < 4.78 is 2.65. The monoisotopic (exact) mass is 278 g/mol. The fraction of sp³-hybridized carbons (Fsp3) is 0.167. The number of benzene rings is 1. The van der Waals surface area contributed by atoms with E-state index >= 15 is 0 Å². The summed E-state index contributed by atoms with van der Waals surface area (Å²) in [6.07, 6.45) is 1.89. The number of nitrogens with zero attached hydrogens (tertiary/aromatic N) is 2. The summed E-state index contributed by atoms with van der Waals surface area (Å²) in [6.45, 7) is 3.49. The third kappa shape index (κ3) is 2.07. The maximum atomic E-state index is 11.2. The second kappa shape index (κ2) is 4.22. The van der Waals surface area contributed by atoms with E-state index in [2.05, 4.69) is 21.0 Å². The van der Waals surface area contributed by atoms with E-state index in [9.17, 15) is 4.79 Å². The molecule has 16 heavy (non-hydrogen) atoms. The van der Waals surface area contributed by atoms with Crippen LogP contribution >= 0.6 is 15.9 Å². The molecule has 1 aromatic heterocycles. The molecule has 0 saturated carbocycles. The van der Waals surface area contributed by atoms with Gasteiger partial charge in [0, 0.05) is 16.2 Å². The summed E-state index contributed by atoms with van der Waals surface area (Å²) in [6, 6.07) is 7.44. The van der Waals surface area contributed by atoms with Crippen LogP contribution in [0.4, 0.5) is 0 Å². The molecule has 0 atom stereocenters. The van der Waals surface area contributed by atoms with E-state index in [1.165, 1.54) is 0 Å². The molecule has 0 radical (unpaired) electrons. The van der Waals surface area contributed by atoms with E-state index in [4.69, 9.17) is 0 Å². The highest BCUT2D eigenvalue weighted by atomic mass is 79.9. The predicted octanol–water partition coefficient (Wildman–Crippen LogP) is 3.15. The van der Waals surface area contributed by atoms with Crippen LogP contribution < -0.4 is 0 Å². The predicted molar refractivity (Wildman–Crippen MR) is 66.0 cm³/mol. The quantitative estimate of drug-likeness (QED) is 0.791. The number of Topliss-reactive ketones (excluding diaryl/α,β-unsaturated/α-hetero) is 1. The van der Waals surface area contributed by atoms with Crippen LogP contribution in [-0.4, -0.2) is 15.6 Å². The third-order valence-electron chi connectivity index (χ3n) is 2.32. The summed E-state index contributed by atoms with van der Waals surface area (Å²) >= 11 is 3.45. The van der Waals surface area contributed by atoms with Crippen LogP contribution in [0.25, 0.3) is 5.69 Å². The number of carbonyl (C=O) groups excluding carboxylic acids is 1. The molecule has 1 heterocycles. The van der Waals surface area contributed by atoms with Crippen LogP contribution in [0.1, 0.15) is 23.0 Å². The fourth-order valence-corrected chi connectivity index (χ4v) is 2.02. The van der Waals surface area contributed by atoms with Gasteiger partial charge in [-0.2, -0.15) is 5.10 Å². The van der Waals surface area contributed by atoms with E-state index < -0.39 is 0 Å². The van der Waals surface area contributed by atoms with Gasteiger partial charge in [0.2, 0.25) is 0 Å². The lowest BCUT2D eigenvalue weighted by Gasteiger charge is -2.05. The molecule has 0 bridgehead atoms. The number of hydrogen-bond donors (Lipinski definition) is 0. The molecule has 0 aliphatic rings. The maximum absolute atomic E-state index is 11.2. The van der Waals surface area contributed by atoms with E-state index in [0.29, 0.717) is 5.56 Å². The summed E-state index contributed by atoms with van der Waals surface area (Å²) in [7, 11) is 0. The molecule has 0 N–H and O–H groups in total. The topological polar surface area (TPSA) is 34.9 Å². The Morgan fingerprint density at radius 2 is 2.12 bits per heavy atom. The van der Waals surface area contributed by atoms with Crippen molar-refractivity contribution >= 4 is 21.7 Å². The standard InChI is InChI=1S/C12H11BrN2O/c1-8-5-6-15(14-8)12-4-3-10(9(2)16)7-11(12)13/h3-7H,1-2H3. The molecule has 0 fully saturated rings. The van der Waals surface area contributed by atoms with Crippen molar-refractivity contribution in [2.75, 3.05) is 0 Å². The highest BCUT2D eigenvalue weighted by Crippen LogP contribution is 2.22. The Kier molecular flexibility index (Phi) is 2.92. The molecule has 0 aliphatic heterocycles. The number of ketones is 1. The number of carbonyl (C=O) groups is 1. The van der Waals surface area contributed by atoms with Gasteiger partial charge < -0.3 is 0 Å². The molecule has 1 aromatic carbocycles. The average molecular weight is 279 g/mol. The minimum Gasteiger partial charge on any atom is -0.295 e. The van der Waals surface area contributed by atoms with Crippen LogP contribution in [-0.2, 0) is 0 Å². The van der Waals surface area contributed by atoms with Crippen LogP contribution in [0.2, 0.25) is 0 Å². The Labute approximate surface area is 102 Å². The lowest BCUT2D eigenvalue weighted by Crippen LogP contribution is -1.99. The molecule has 0 amide bonds. The molecule has 0 saturated heterocycles. The van der Waals surface area contributed by atoms with Crippen molar-refractivity contribution in [2.45, 2.75) is 13.8 Å². The minimum absolute atomic E-state index is 0.0592. The first-order valence-electron chi connectivity index (χ1n) is 4.91. The van der Waals surface area contributed by atoms with E-state index in [0.717, 1.165) is 15.9 Å². The van der Waals surface area contributed by atoms with Gasteiger partial charge in [-0.25, -0.2) is 4.68 Å². The van der Waals surface area contributed by atoms with Gasteiger partial charge in [0.05, 0.1) is 11.4 Å². The molecule has 2 aromatic rings. The number of halogens is 1. The van der Waals surface area contributed by atoms with Crippen LogP contribution in [0.15, 0.2) is 34.9 Å². The normalized spacial score (nSPS) is 10.4. The smallest absolute Gasteiger partial charge is 0.159 e. The largest absolute Gasteiger partial charge is 0.295 e. The van der Waals surface area contributed by atoms with Gasteiger partial charge in [0.1, 0.15) is 0 Å². The van der Waals surface area contributed by atoms with Gasteiger partial charge in [-0.05, 0) is 54.0 Å². The maximum Gasteiger partial charge on any atom is 0.159 e. The molecule has 0 aliphatic carbocycles. The van der Waals surface area contributed by atoms with Gasteiger partial charge in [-0.3, -0.25) is 4.79 Å². The zero-order valence-electron chi connectivity index (χ0n) is 9.07. The molecule has 2 rings (SSSR count). The summed E-state index contributed by atoms with van der Waals surface area (Å²) in [4.78, 5) is 11.2. The second-order valence-electron chi connectivity index (χ2n) is 3.62. The van der Waals surface area contributed by atoms with Gasteiger partial charge in [0.25, 0.3) is 0 Å². The lowest BCUT2D eigenvalue weighted by atomic mass is 10.1. The van der Waals surface area contributed by atoms with E-state index in [-0.39, 0.29) is 5.78 Å². The van der Waals surface area contributed by atoms with Crippen LogP contribution in [0.3, 0.4) is 0 Å². The van der Waals surface area contributed by atoms with Crippen molar-refractivity contribution in [2.24, 2.45) is 0 Å². The van der Waals surface area contributed by atoms with Gasteiger partial charge in [0.15, 0.2) is 5.78 Å². The highest BCUT2D eigenvalue weighted by molar-refractivity contribution is 9.10. The highest BCUT2D eigenvalue weighted by Gasteiger charge is 2.06. The van der Waals surface area contributed by atoms with Gasteiger partial charge >= 0.3 is 0 Å².